The fourth-order valence-corrected chi connectivity index (χ4v) is 5.38. The lowest BCUT2D eigenvalue weighted by atomic mass is 9.84. The highest BCUT2D eigenvalue weighted by Crippen LogP contribution is 2.45. The Morgan fingerprint density at radius 3 is 2.30 bits per heavy atom. The number of allylic oxidation sites excluding steroid dienone is 1. The molecule has 1 saturated heterocycles. The van der Waals surface area contributed by atoms with Gasteiger partial charge in [-0.3, -0.25) is 0 Å². The van der Waals surface area contributed by atoms with E-state index in [9.17, 15) is 8.78 Å². The van der Waals surface area contributed by atoms with Gasteiger partial charge in [0.1, 0.15) is 12.4 Å². The van der Waals surface area contributed by atoms with Crippen molar-refractivity contribution in [3.05, 3.63) is 101 Å². The predicted octanol–water partition coefficient (Wildman–Crippen LogP) is 7.03. The number of anilines is 1. The molecule has 1 aliphatic carbocycles. The highest BCUT2D eigenvalue weighted by Gasteiger charge is 2.37. The molecule has 3 aromatic rings. The number of alkyl halides is 2. The SMILES string of the molecule is COC(OC)C1CCN(c2ccc(C3=CCC(F)(F)c4cc(OCc5ccccc5)ccc43)cc2)CC1. The van der Waals surface area contributed by atoms with E-state index in [1.54, 1.807) is 32.4 Å². The minimum absolute atomic E-state index is 0.0209. The van der Waals surface area contributed by atoms with Crippen molar-refractivity contribution in [3.8, 4) is 5.75 Å². The largest absolute Gasteiger partial charge is 0.489 e. The molecule has 1 fully saturated rings. The molecule has 0 radical (unpaired) electrons. The Balaban J connectivity index is 1.30. The summed E-state index contributed by atoms with van der Waals surface area (Å²) in [5, 5.41) is 0. The third-order valence-corrected chi connectivity index (χ3v) is 7.42. The first-order valence-corrected chi connectivity index (χ1v) is 12.8. The molecule has 4 nitrogen and oxygen atoms in total. The average molecular weight is 506 g/mol. The van der Waals surface area contributed by atoms with Crippen LogP contribution in [0.2, 0.25) is 0 Å². The molecule has 5 rings (SSSR count). The van der Waals surface area contributed by atoms with E-state index >= 15 is 0 Å². The molecule has 0 unspecified atom stereocenters. The predicted molar refractivity (Wildman–Crippen MR) is 142 cm³/mol. The fraction of sp³-hybridized carbons (Fsp3) is 0.355. The first-order valence-electron chi connectivity index (χ1n) is 12.8. The number of fused-ring (bicyclic) bond motifs is 1. The summed E-state index contributed by atoms with van der Waals surface area (Å²) in [5.74, 6) is -2.10. The van der Waals surface area contributed by atoms with Gasteiger partial charge in [0.15, 0.2) is 6.29 Å². The summed E-state index contributed by atoms with van der Waals surface area (Å²) in [6.45, 7) is 2.19. The summed E-state index contributed by atoms with van der Waals surface area (Å²) in [7, 11) is 3.37. The maximum Gasteiger partial charge on any atom is 0.277 e. The van der Waals surface area contributed by atoms with Crippen molar-refractivity contribution in [1.82, 2.24) is 0 Å². The van der Waals surface area contributed by atoms with Gasteiger partial charge >= 0.3 is 0 Å². The number of hydrogen-bond donors (Lipinski definition) is 0. The summed E-state index contributed by atoms with van der Waals surface area (Å²) in [4.78, 5) is 2.36. The normalized spacial score (nSPS) is 17.4. The van der Waals surface area contributed by atoms with Crippen LogP contribution in [0.4, 0.5) is 14.5 Å². The molecule has 1 aliphatic heterocycles. The summed E-state index contributed by atoms with van der Waals surface area (Å²) in [5.41, 5.74) is 4.49. The molecule has 0 amide bonds. The molecule has 0 saturated carbocycles. The molecular weight excluding hydrogens is 472 g/mol. The highest BCUT2D eigenvalue weighted by atomic mass is 19.3. The van der Waals surface area contributed by atoms with Crippen molar-refractivity contribution in [3.63, 3.8) is 0 Å². The van der Waals surface area contributed by atoms with Crippen LogP contribution < -0.4 is 9.64 Å². The van der Waals surface area contributed by atoms with E-state index in [4.69, 9.17) is 14.2 Å². The lowest BCUT2D eigenvalue weighted by molar-refractivity contribution is -0.141. The molecule has 37 heavy (non-hydrogen) atoms. The Hall–Kier alpha value is -3.22. The van der Waals surface area contributed by atoms with E-state index in [1.165, 1.54) is 6.07 Å². The van der Waals surface area contributed by atoms with Crippen LogP contribution in [0.1, 0.15) is 41.5 Å². The summed E-state index contributed by atoms with van der Waals surface area (Å²) in [6.07, 6.45) is 3.16. The molecule has 0 atom stereocenters. The minimum atomic E-state index is -2.93. The number of piperidine rings is 1. The van der Waals surface area contributed by atoms with Gasteiger partial charge < -0.3 is 19.1 Å². The van der Waals surface area contributed by atoms with Crippen molar-refractivity contribution < 1.29 is 23.0 Å². The van der Waals surface area contributed by atoms with Crippen molar-refractivity contribution in [1.29, 1.82) is 0 Å². The van der Waals surface area contributed by atoms with E-state index in [0.29, 0.717) is 23.8 Å². The number of hydrogen-bond acceptors (Lipinski definition) is 4. The number of benzene rings is 3. The zero-order chi connectivity index (χ0) is 25.8. The maximum atomic E-state index is 15.0. The molecule has 0 spiro atoms. The highest BCUT2D eigenvalue weighted by molar-refractivity contribution is 5.84. The topological polar surface area (TPSA) is 30.9 Å². The van der Waals surface area contributed by atoms with Crippen molar-refractivity contribution in [2.75, 3.05) is 32.2 Å². The van der Waals surface area contributed by atoms with Gasteiger partial charge in [-0.05, 0) is 59.4 Å². The zero-order valence-corrected chi connectivity index (χ0v) is 21.3. The molecule has 0 bridgehead atoms. The maximum absolute atomic E-state index is 15.0. The Kier molecular flexibility index (Phi) is 7.58. The van der Waals surface area contributed by atoms with Crippen LogP contribution >= 0.6 is 0 Å². The first kappa shape index (κ1) is 25.4. The lowest BCUT2D eigenvalue weighted by Gasteiger charge is -2.36. The Morgan fingerprint density at radius 2 is 1.62 bits per heavy atom. The average Bonchev–Trinajstić information content (AvgIpc) is 2.94. The van der Waals surface area contributed by atoms with E-state index in [0.717, 1.165) is 48.3 Å². The lowest BCUT2D eigenvalue weighted by Crippen LogP contribution is -2.39. The van der Waals surface area contributed by atoms with Crippen molar-refractivity contribution in [2.45, 2.75) is 38.1 Å². The second-order valence-corrected chi connectivity index (χ2v) is 9.72. The van der Waals surface area contributed by atoms with E-state index in [-0.39, 0.29) is 18.3 Å². The van der Waals surface area contributed by atoms with Gasteiger partial charge in [0.05, 0.1) is 0 Å². The van der Waals surface area contributed by atoms with Gasteiger partial charge in [0.25, 0.3) is 5.92 Å². The molecule has 6 heteroatoms. The van der Waals surface area contributed by atoms with Crippen molar-refractivity contribution in [2.24, 2.45) is 5.92 Å². The number of halogens is 2. The van der Waals surface area contributed by atoms with Gasteiger partial charge in [-0.25, -0.2) is 8.78 Å². The van der Waals surface area contributed by atoms with Crippen LogP contribution in [0.3, 0.4) is 0 Å². The second-order valence-electron chi connectivity index (χ2n) is 9.72. The second kappa shape index (κ2) is 11.0. The Bertz CT molecular complexity index is 1210. The third-order valence-electron chi connectivity index (χ3n) is 7.42. The molecule has 0 aromatic heterocycles. The standard InChI is InChI=1S/C31H33F2NO3/c1-35-30(36-2)24-15-18-34(19-16-24)25-10-8-23(9-11-25)27-14-17-31(32,33)29-20-26(12-13-28(27)29)37-21-22-6-4-3-5-7-22/h3-14,20,24,30H,15-19,21H2,1-2H3. The zero-order valence-electron chi connectivity index (χ0n) is 21.3. The number of nitrogens with zero attached hydrogens (tertiary/aromatic N) is 1. The Labute approximate surface area is 217 Å². The van der Waals surface area contributed by atoms with Crippen LogP contribution in [0.15, 0.2) is 78.9 Å². The first-order chi connectivity index (χ1) is 18.0. The van der Waals surface area contributed by atoms with E-state index in [2.05, 4.69) is 17.0 Å². The van der Waals surface area contributed by atoms with Crippen LogP contribution in [-0.4, -0.2) is 33.6 Å². The monoisotopic (exact) mass is 505 g/mol. The van der Waals surface area contributed by atoms with Crippen molar-refractivity contribution >= 4 is 11.3 Å². The van der Waals surface area contributed by atoms with Gasteiger partial charge in [-0.1, -0.05) is 54.6 Å². The summed E-state index contributed by atoms with van der Waals surface area (Å²) in [6, 6.07) is 23.0. The molecule has 3 aromatic carbocycles. The molecule has 0 N–H and O–H groups in total. The quantitative estimate of drug-likeness (QED) is 0.308. The fourth-order valence-electron chi connectivity index (χ4n) is 5.38. The molecule has 194 valence electrons. The number of ether oxygens (including phenoxy) is 3. The molecule has 1 heterocycles. The van der Waals surface area contributed by atoms with Gasteiger partial charge in [0, 0.05) is 50.9 Å². The molecule has 2 aliphatic rings. The number of rotatable bonds is 8. The smallest absolute Gasteiger partial charge is 0.277 e. The van der Waals surface area contributed by atoms with Gasteiger partial charge in [0.2, 0.25) is 0 Å². The van der Waals surface area contributed by atoms with E-state index in [1.807, 2.05) is 42.5 Å². The summed E-state index contributed by atoms with van der Waals surface area (Å²) < 4.78 is 46.6. The van der Waals surface area contributed by atoms with E-state index < -0.39 is 5.92 Å². The number of methoxy groups -OCH3 is 2. The molecular formula is C31H33F2NO3. The third kappa shape index (κ3) is 5.55. The minimum Gasteiger partial charge on any atom is -0.489 e. The Morgan fingerprint density at radius 1 is 0.919 bits per heavy atom. The van der Waals surface area contributed by atoms with Crippen LogP contribution in [0, 0.1) is 5.92 Å². The van der Waals surface area contributed by atoms with Gasteiger partial charge in [-0.15, -0.1) is 0 Å². The van der Waals surface area contributed by atoms with Gasteiger partial charge in [-0.2, -0.15) is 0 Å². The van der Waals surface area contributed by atoms with Crippen LogP contribution in [-0.2, 0) is 22.0 Å². The summed E-state index contributed by atoms with van der Waals surface area (Å²) >= 11 is 0. The van der Waals surface area contributed by atoms with Crippen LogP contribution in [0.5, 0.6) is 5.75 Å². The van der Waals surface area contributed by atoms with Crippen LogP contribution in [0.25, 0.3) is 5.57 Å².